The van der Waals surface area contributed by atoms with E-state index in [4.69, 9.17) is 21.7 Å². The van der Waals surface area contributed by atoms with Gasteiger partial charge in [-0.1, -0.05) is 23.7 Å². The molecule has 4 aromatic rings. The summed E-state index contributed by atoms with van der Waals surface area (Å²) in [6.45, 7) is 4.68. The Morgan fingerprint density at radius 1 is 1.12 bits per heavy atom. The molecular formula is C24H20ClN7O. The molecule has 3 aromatic heterocycles. The van der Waals surface area contributed by atoms with Crippen molar-refractivity contribution in [2.24, 2.45) is 0 Å². The van der Waals surface area contributed by atoms with Crippen LogP contribution in [0.1, 0.15) is 21.7 Å². The van der Waals surface area contributed by atoms with Gasteiger partial charge in [-0.3, -0.25) is 4.79 Å². The van der Waals surface area contributed by atoms with E-state index in [1.807, 2.05) is 25.1 Å². The first-order valence-corrected chi connectivity index (χ1v) is 11.0. The summed E-state index contributed by atoms with van der Waals surface area (Å²) in [6.07, 6.45) is 1.74. The lowest BCUT2D eigenvalue weighted by Gasteiger charge is -2.27. The van der Waals surface area contributed by atoms with Gasteiger partial charge in [-0.15, -0.1) is 0 Å². The maximum Gasteiger partial charge on any atom is 0.272 e. The van der Waals surface area contributed by atoms with Crippen LogP contribution in [0.15, 0.2) is 48.7 Å². The van der Waals surface area contributed by atoms with Crippen molar-refractivity contribution >= 4 is 23.2 Å². The van der Waals surface area contributed by atoms with Crippen molar-refractivity contribution in [3.8, 4) is 28.5 Å². The summed E-state index contributed by atoms with van der Waals surface area (Å²) < 4.78 is 1.65. The number of piperazine rings is 1. The lowest BCUT2D eigenvalue weighted by atomic mass is 10.00. The van der Waals surface area contributed by atoms with E-state index < -0.39 is 0 Å². The third kappa shape index (κ3) is 4.04. The van der Waals surface area contributed by atoms with Crippen molar-refractivity contribution in [3.05, 3.63) is 70.8 Å². The minimum atomic E-state index is -0.108. The highest BCUT2D eigenvalue weighted by molar-refractivity contribution is 6.29. The number of carbonyl (C=O) groups excluding carboxylic acids is 1. The molecule has 1 N–H and O–H groups in total. The maximum absolute atomic E-state index is 13.1. The van der Waals surface area contributed by atoms with Crippen LogP contribution in [0, 0.1) is 18.3 Å². The third-order valence-electron chi connectivity index (χ3n) is 5.58. The monoisotopic (exact) mass is 457 g/mol. The molecule has 1 fully saturated rings. The molecule has 0 atom stereocenters. The smallest absolute Gasteiger partial charge is 0.272 e. The predicted octanol–water partition coefficient (Wildman–Crippen LogP) is 3.34. The zero-order valence-electron chi connectivity index (χ0n) is 17.9. The SMILES string of the molecule is Cc1cc(-c2c(-c3cccc(C#N)c3)nn3ccc(C(=O)N4CCNCC4)nc23)cc(Cl)n1. The second-order valence-corrected chi connectivity index (χ2v) is 8.25. The molecule has 164 valence electrons. The number of rotatable bonds is 3. The number of halogens is 1. The number of nitrogens with one attached hydrogen (secondary N) is 1. The summed E-state index contributed by atoms with van der Waals surface area (Å²) in [4.78, 5) is 23.9. The summed E-state index contributed by atoms with van der Waals surface area (Å²) in [5.74, 6) is -0.108. The minimum absolute atomic E-state index is 0.108. The number of aryl methyl sites for hydroxylation is 1. The Bertz CT molecular complexity index is 1400. The number of benzene rings is 1. The molecule has 1 aliphatic heterocycles. The van der Waals surface area contributed by atoms with Crippen LogP contribution in [-0.4, -0.2) is 56.6 Å². The number of hydrogen-bond donors (Lipinski definition) is 1. The van der Waals surface area contributed by atoms with Gasteiger partial charge in [0, 0.05) is 43.6 Å². The third-order valence-corrected chi connectivity index (χ3v) is 5.78. The fourth-order valence-electron chi connectivity index (χ4n) is 4.05. The van der Waals surface area contributed by atoms with Crippen LogP contribution in [-0.2, 0) is 0 Å². The van der Waals surface area contributed by atoms with Gasteiger partial charge in [0.05, 0.1) is 17.2 Å². The highest BCUT2D eigenvalue weighted by Crippen LogP contribution is 2.36. The molecule has 1 saturated heterocycles. The van der Waals surface area contributed by atoms with E-state index in [1.54, 1.807) is 39.9 Å². The molecule has 0 unspecified atom stereocenters. The average molecular weight is 458 g/mol. The molecule has 0 radical (unpaired) electrons. The van der Waals surface area contributed by atoms with Crippen LogP contribution in [0.5, 0.6) is 0 Å². The number of fused-ring (bicyclic) bond motifs is 1. The number of nitriles is 1. The van der Waals surface area contributed by atoms with Crippen LogP contribution in [0.4, 0.5) is 0 Å². The zero-order chi connectivity index (χ0) is 22.9. The lowest BCUT2D eigenvalue weighted by Crippen LogP contribution is -2.46. The molecule has 0 aliphatic carbocycles. The van der Waals surface area contributed by atoms with E-state index in [0.29, 0.717) is 40.8 Å². The largest absolute Gasteiger partial charge is 0.335 e. The van der Waals surface area contributed by atoms with Crippen molar-refractivity contribution in [1.82, 2.24) is 29.8 Å². The second-order valence-electron chi connectivity index (χ2n) is 7.86. The fraction of sp³-hybridized carbons (Fsp3) is 0.208. The van der Waals surface area contributed by atoms with Crippen molar-refractivity contribution in [1.29, 1.82) is 5.26 Å². The van der Waals surface area contributed by atoms with Gasteiger partial charge in [-0.2, -0.15) is 10.4 Å². The molecule has 1 aromatic carbocycles. The van der Waals surface area contributed by atoms with Gasteiger partial charge in [0.1, 0.15) is 16.5 Å². The molecule has 0 bridgehead atoms. The van der Waals surface area contributed by atoms with Gasteiger partial charge in [-0.05, 0) is 42.8 Å². The van der Waals surface area contributed by atoms with Crippen molar-refractivity contribution in [2.45, 2.75) is 6.92 Å². The summed E-state index contributed by atoms with van der Waals surface area (Å²) in [5, 5.41) is 17.7. The Morgan fingerprint density at radius 2 is 1.94 bits per heavy atom. The highest BCUT2D eigenvalue weighted by atomic mass is 35.5. The van der Waals surface area contributed by atoms with Crippen LogP contribution in [0.3, 0.4) is 0 Å². The van der Waals surface area contributed by atoms with Crippen LogP contribution in [0.25, 0.3) is 28.0 Å². The van der Waals surface area contributed by atoms with E-state index in [2.05, 4.69) is 16.4 Å². The van der Waals surface area contributed by atoms with Crippen LogP contribution < -0.4 is 5.32 Å². The Morgan fingerprint density at radius 3 is 2.70 bits per heavy atom. The number of nitrogens with zero attached hydrogens (tertiary/aromatic N) is 6. The summed E-state index contributed by atoms with van der Waals surface area (Å²) >= 11 is 6.28. The van der Waals surface area contributed by atoms with E-state index in [1.165, 1.54) is 0 Å². The summed E-state index contributed by atoms with van der Waals surface area (Å²) in [6, 6.07) is 14.8. The fourth-order valence-corrected chi connectivity index (χ4v) is 4.31. The molecule has 9 heteroatoms. The molecule has 0 spiro atoms. The molecule has 8 nitrogen and oxygen atoms in total. The molecule has 1 amide bonds. The first-order chi connectivity index (χ1) is 16.0. The van der Waals surface area contributed by atoms with Gasteiger partial charge in [-0.25, -0.2) is 14.5 Å². The highest BCUT2D eigenvalue weighted by Gasteiger charge is 2.23. The minimum Gasteiger partial charge on any atom is -0.335 e. The number of hydrogen-bond acceptors (Lipinski definition) is 6. The molecule has 0 saturated carbocycles. The Hall–Kier alpha value is -3.80. The van der Waals surface area contributed by atoms with E-state index in [0.717, 1.165) is 35.5 Å². The van der Waals surface area contributed by atoms with Gasteiger partial charge < -0.3 is 10.2 Å². The molecule has 1 aliphatic rings. The summed E-state index contributed by atoms with van der Waals surface area (Å²) in [7, 11) is 0. The standard InChI is InChI=1S/C24H20ClN7O/c1-15-11-18(13-20(25)28-15)21-22(17-4-2-3-16(12-17)14-26)30-32-8-5-19(29-23(21)32)24(33)31-9-6-27-7-10-31/h2-5,8,11-13,27H,6-7,9-10H2,1H3. The molecule has 5 rings (SSSR count). The quantitative estimate of drug-likeness (QED) is 0.474. The Labute approximate surface area is 195 Å². The Balaban J connectivity index is 1.72. The zero-order valence-corrected chi connectivity index (χ0v) is 18.7. The van der Waals surface area contributed by atoms with Gasteiger partial charge in [0.15, 0.2) is 5.65 Å². The van der Waals surface area contributed by atoms with Crippen molar-refractivity contribution < 1.29 is 4.79 Å². The second kappa shape index (κ2) is 8.62. The topological polar surface area (TPSA) is 99.2 Å². The molecular weight excluding hydrogens is 438 g/mol. The van der Waals surface area contributed by atoms with Gasteiger partial charge in [0.25, 0.3) is 5.91 Å². The first-order valence-electron chi connectivity index (χ1n) is 10.6. The molecule has 33 heavy (non-hydrogen) atoms. The lowest BCUT2D eigenvalue weighted by molar-refractivity contribution is 0.0730. The Kier molecular flexibility index (Phi) is 5.50. The number of pyridine rings is 1. The van der Waals surface area contributed by atoms with E-state index in [9.17, 15) is 10.1 Å². The number of aromatic nitrogens is 4. The maximum atomic E-state index is 13.1. The average Bonchev–Trinajstić information content (AvgIpc) is 3.22. The van der Waals surface area contributed by atoms with Gasteiger partial charge >= 0.3 is 0 Å². The number of carbonyl (C=O) groups is 1. The van der Waals surface area contributed by atoms with Crippen molar-refractivity contribution in [3.63, 3.8) is 0 Å². The first kappa shape index (κ1) is 21.1. The molecule has 4 heterocycles. The predicted molar refractivity (Wildman–Crippen MR) is 125 cm³/mol. The van der Waals surface area contributed by atoms with Crippen LogP contribution in [0.2, 0.25) is 5.15 Å². The van der Waals surface area contributed by atoms with Crippen LogP contribution >= 0.6 is 11.6 Å². The number of amides is 1. The summed E-state index contributed by atoms with van der Waals surface area (Å²) in [5.41, 5.74) is 5.12. The van der Waals surface area contributed by atoms with Gasteiger partial charge in [0.2, 0.25) is 0 Å². The van der Waals surface area contributed by atoms with E-state index >= 15 is 0 Å². The van der Waals surface area contributed by atoms with E-state index in [-0.39, 0.29) is 5.91 Å². The normalized spacial score (nSPS) is 13.8. The van der Waals surface area contributed by atoms with Crippen molar-refractivity contribution in [2.75, 3.05) is 26.2 Å².